The average Bonchev–Trinajstić information content (AvgIpc) is 3.17. The first-order chi connectivity index (χ1) is 10.6. The topological polar surface area (TPSA) is 84.2 Å². The Hall–Kier alpha value is -2.63. The van der Waals surface area contributed by atoms with E-state index in [9.17, 15) is 9.59 Å². The highest BCUT2D eigenvalue weighted by Crippen LogP contribution is 2.38. The van der Waals surface area contributed by atoms with Gasteiger partial charge in [0.25, 0.3) is 0 Å². The minimum Gasteiger partial charge on any atom is -0.481 e. The maximum absolute atomic E-state index is 11.8. The second-order valence-corrected chi connectivity index (χ2v) is 5.52. The van der Waals surface area contributed by atoms with Crippen LogP contribution in [0.5, 0.6) is 0 Å². The van der Waals surface area contributed by atoms with Gasteiger partial charge in [0.2, 0.25) is 5.91 Å². The zero-order valence-electron chi connectivity index (χ0n) is 12.0. The molecule has 1 saturated carbocycles. The third kappa shape index (κ3) is 3.33. The van der Waals surface area contributed by atoms with Crippen molar-refractivity contribution < 1.29 is 14.7 Å². The number of carboxylic acids is 1. The molecule has 114 valence electrons. The lowest BCUT2D eigenvalue weighted by molar-refractivity contribution is -0.140. The lowest BCUT2D eigenvalue weighted by Gasteiger charge is -2.06. The molecular weight excluding hydrogens is 282 g/mol. The van der Waals surface area contributed by atoms with Crippen molar-refractivity contribution in [1.82, 2.24) is 15.1 Å². The van der Waals surface area contributed by atoms with Crippen molar-refractivity contribution >= 4 is 11.9 Å². The molecule has 0 spiro atoms. The molecule has 2 N–H and O–H groups in total. The van der Waals surface area contributed by atoms with Gasteiger partial charge in [-0.25, -0.2) is 0 Å². The van der Waals surface area contributed by atoms with Gasteiger partial charge >= 0.3 is 5.97 Å². The average molecular weight is 299 g/mol. The Morgan fingerprint density at radius 1 is 1.23 bits per heavy atom. The van der Waals surface area contributed by atoms with Crippen LogP contribution in [0.1, 0.15) is 17.5 Å². The van der Waals surface area contributed by atoms with Gasteiger partial charge in [0.1, 0.15) is 0 Å². The molecule has 3 rings (SSSR count). The summed E-state index contributed by atoms with van der Waals surface area (Å²) in [4.78, 5) is 22.5. The van der Waals surface area contributed by atoms with Crippen LogP contribution in [-0.2, 0) is 22.7 Å². The van der Waals surface area contributed by atoms with Crippen LogP contribution in [0.15, 0.2) is 42.7 Å². The molecule has 0 radical (unpaired) electrons. The lowest BCUT2D eigenvalue weighted by Crippen LogP contribution is -2.25. The Morgan fingerprint density at radius 3 is 2.55 bits per heavy atom. The van der Waals surface area contributed by atoms with Gasteiger partial charge in [-0.1, -0.05) is 24.3 Å². The second kappa shape index (κ2) is 6.01. The van der Waals surface area contributed by atoms with Gasteiger partial charge in [0.05, 0.1) is 18.4 Å². The number of rotatable bonds is 6. The maximum Gasteiger partial charge on any atom is 0.307 e. The van der Waals surface area contributed by atoms with Crippen molar-refractivity contribution in [3.8, 4) is 0 Å². The zero-order chi connectivity index (χ0) is 15.5. The molecule has 1 aromatic carbocycles. The summed E-state index contributed by atoms with van der Waals surface area (Å²) in [6.07, 6.45) is 4.10. The number of nitrogens with one attached hydrogen (secondary N) is 1. The molecule has 1 fully saturated rings. The minimum absolute atomic E-state index is 0.173. The summed E-state index contributed by atoms with van der Waals surface area (Å²) in [6.45, 7) is 1.13. The van der Waals surface area contributed by atoms with Gasteiger partial charge < -0.3 is 10.4 Å². The van der Waals surface area contributed by atoms with Crippen molar-refractivity contribution in [1.29, 1.82) is 0 Å². The quantitative estimate of drug-likeness (QED) is 0.841. The zero-order valence-corrected chi connectivity index (χ0v) is 12.0. The standard InChI is InChI=1S/C16H17N3O3/c20-15(13-8-14(13)16(21)22)17-9-11-2-4-12(5-3-11)10-19-7-1-6-18-19/h1-7,13-14H,8-10H2,(H,17,20)(H,21,22)/t13-,14+/m1/s1. The fourth-order valence-corrected chi connectivity index (χ4v) is 2.42. The fourth-order valence-electron chi connectivity index (χ4n) is 2.42. The molecule has 0 aliphatic heterocycles. The summed E-state index contributed by atoms with van der Waals surface area (Å²) in [5, 5.41) is 15.8. The Labute approximate surface area is 127 Å². The summed E-state index contributed by atoms with van der Waals surface area (Å²) >= 11 is 0. The van der Waals surface area contributed by atoms with Crippen LogP contribution < -0.4 is 5.32 Å². The number of aromatic nitrogens is 2. The summed E-state index contributed by atoms with van der Waals surface area (Å²) in [5.74, 6) is -1.93. The van der Waals surface area contributed by atoms with Crippen LogP contribution in [0, 0.1) is 11.8 Å². The second-order valence-electron chi connectivity index (χ2n) is 5.52. The molecule has 6 heteroatoms. The summed E-state index contributed by atoms with van der Waals surface area (Å²) in [5.41, 5.74) is 2.12. The number of carbonyl (C=O) groups excluding carboxylic acids is 1. The summed E-state index contributed by atoms with van der Waals surface area (Å²) in [6, 6.07) is 9.80. The van der Waals surface area contributed by atoms with E-state index < -0.39 is 11.9 Å². The maximum atomic E-state index is 11.8. The molecule has 2 atom stereocenters. The Morgan fingerprint density at radius 2 is 1.95 bits per heavy atom. The van der Waals surface area contributed by atoms with E-state index in [-0.39, 0.29) is 11.8 Å². The van der Waals surface area contributed by atoms with Crippen molar-refractivity contribution in [3.05, 3.63) is 53.9 Å². The highest BCUT2D eigenvalue weighted by atomic mass is 16.4. The monoisotopic (exact) mass is 299 g/mol. The summed E-state index contributed by atoms with van der Waals surface area (Å²) < 4.78 is 1.84. The Balaban J connectivity index is 1.49. The molecule has 1 aliphatic rings. The van der Waals surface area contributed by atoms with E-state index in [1.807, 2.05) is 41.2 Å². The van der Waals surface area contributed by atoms with Crippen molar-refractivity contribution in [2.45, 2.75) is 19.5 Å². The molecular formula is C16H17N3O3. The molecule has 1 aliphatic carbocycles. The van der Waals surface area contributed by atoms with E-state index in [2.05, 4.69) is 10.4 Å². The van der Waals surface area contributed by atoms with Crippen LogP contribution in [0.3, 0.4) is 0 Å². The van der Waals surface area contributed by atoms with Crippen molar-refractivity contribution in [2.24, 2.45) is 11.8 Å². The van der Waals surface area contributed by atoms with E-state index >= 15 is 0 Å². The molecule has 22 heavy (non-hydrogen) atoms. The highest BCUT2D eigenvalue weighted by Gasteiger charge is 2.48. The largest absolute Gasteiger partial charge is 0.481 e. The lowest BCUT2D eigenvalue weighted by atomic mass is 10.1. The first-order valence-corrected chi connectivity index (χ1v) is 7.19. The number of carboxylic acid groups (broad SMARTS) is 1. The van der Waals surface area contributed by atoms with Gasteiger partial charge in [-0.05, 0) is 23.6 Å². The number of nitrogens with zero attached hydrogens (tertiary/aromatic N) is 2. The van der Waals surface area contributed by atoms with Crippen LogP contribution in [0.4, 0.5) is 0 Å². The Kier molecular flexibility index (Phi) is 3.91. The van der Waals surface area contributed by atoms with Crippen LogP contribution in [-0.4, -0.2) is 26.8 Å². The highest BCUT2D eigenvalue weighted by molar-refractivity contribution is 5.89. The molecule has 0 unspecified atom stereocenters. The predicted molar refractivity (Wildman–Crippen MR) is 78.9 cm³/mol. The van der Waals surface area contributed by atoms with Crippen molar-refractivity contribution in [2.75, 3.05) is 0 Å². The number of amides is 1. The van der Waals surface area contributed by atoms with Crippen LogP contribution in [0.25, 0.3) is 0 Å². The van der Waals surface area contributed by atoms with Gasteiger partial charge in [-0.15, -0.1) is 0 Å². The fraction of sp³-hybridized carbons (Fsp3) is 0.312. The number of carbonyl (C=O) groups is 2. The SMILES string of the molecule is O=C(O)[C@H]1C[C@H]1C(=O)NCc1ccc(Cn2cccn2)cc1. The van der Waals surface area contributed by atoms with E-state index in [1.54, 1.807) is 6.20 Å². The first kappa shape index (κ1) is 14.3. The van der Waals surface area contributed by atoms with E-state index in [0.717, 1.165) is 11.1 Å². The van der Waals surface area contributed by atoms with E-state index in [1.165, 1.54) is 0 Å². The number of hydrogen-bond donors (Lipinski definition) is 2. The first-order valence-electron chi connectivity index (χ1n) is 7.19. The van der Waals surface area contributed by atoms with E-state index in [4.69, 9.17) is 5.11 Å². The van der Waals surface area contributed by atoms with Crippen molar-refractivity contribution in [3.63, 3.8) is 0 Å². The molecule has 1 amide bonds. The van der Waals surface area contributed by atoms with E-state index in [0.29, 0.717) is 19.5 Å². The van der Waals surface area contributed by atoms with Crippen LogP contribution >= 0.6 is 0 Å². The minimum atomic E-state index is -0.886. The molecule has 1 heterocycles. The molecule has 2 aromatic rings. The smallest absolute Gasteiger partial charge is 0.307 e. The molecule has 6 nitrogen and oxygen atoms in total. The predicted octanol–water partition coefficient (Wildman–Crippen LogP) is 1.27. The summed E-state index contributed by atoms with van der Waals surface area (Å²) in [7, 11) is 0. The normalized spacial score (nSPS) is 19.6. The Bertz CT molecular complexity index is 664. The van der Waals surface area contributed by atoms with Gasteiger partial charge in [-0.3, -0.25) is 14.3 Å². The number of benzene rings is 1. The number of aliphatic carboxylic acids is 1. The molecule has 0 saturated heterocycles. The van der Waals surface area contributed by atoms with Crippen LogP contribution in [0.2, 0.25) is 0 Å². The van der Waals surface area contributed by atoms with Gasteiger partial charge in [-0.2, -0.15) is 5.10 Å². The molecule has 1 aromatic heterocycles. The third-order valence-corrected chi connectivity index (χ3v) is 3.84. The van der Waals surface area contributed by atoms with Gasteiger partial charge in [0.15, 0.2) is 0 Å². The third-order valence-electron chi connectivity index (χ3n) is 3.84. The number of hydrogen-bond acceptors (Lipinski definition) is 3. The van der Waals surface area contributed by atoms with Gasteiger partial charge in [0, 0.05) is 18.9 Å². The molecule has 0 bridgehead atoms.